The van der Waals surface area contributed by atoms with Crippen molar-refractivity contribution in [3.8, 4) is 0 Å². The SMILES string of the molecule is CC[C@@H]1C[C@H](Nc2ccc(N3CCOCC3)cn2)c2cc(C(F)(F)F)ccc2N1C(=O)OCC(C)(C)C(=O)O. The fraction of sp³-hybridized carbons (Fsp3) is 0.519. The first-order valence-corrected chi connectivity index (χ1v) is 12.9. The normalized spacial score (nSPS) is 19.8. The number of alkyl halides is 3. The van der Waals surface area contributed by atoms with Gasteiger partial charge < -0.3 is 24.8 Å². The third-order valence-electron chi connectivity index (χ3n) is 7.11. The Kier molecular flexibility index (Phi) is 8.24. The molecule has 2 aromatic rings. The van der Waals surface area contributed by atoms with Gasteiger partial charge in [-0.25, -0.2) is 9.78 Å². The molecule has 0 radical (unpaired) electrons. The molecule has 0 saturated carbocycles. The van der Waals surface area contributed by atoms with E-state index in [1.807, 2.05) is 13.0 Å². The number of fused-ring (bicyclic) bond motifs is 1. The fourth-order valence-corrected chi connectivity index (χ4v) is 4.70. The summed E-state index contributed by atoms with van der Waals surface area (Å²) in [5.41, 5.74) is -0.667. The van der Waals surface area contributed by atoms with Gasteiger partial charge in [-0.1, -0.05) is 6.92 Å². The van der Waals surface area contributed by atoms with Gasteiger partial charge in [0.2, 0.25) is 0 Å². The third-order valence-corrected chi connectivity index (χ3v) is 7.11. The van der Waals surface area contributed by atoms with Crippen LogP contribution in [0.2, 0.25) is 0 Å². The predicted octanol–water partition coefficient (Wildman–Crippen LogP) is 5.33. The van der Waals surface area contributed by atoms with Crippen molar-refractivity contribution in [3.05, 3.63) is 47.7 Å². The number of ether oxygens (including phenoxy) is 2. The number of aromatic nitrogens is 1. The van der Waals surface area contributed by atoms with Gasteiger partial charge in [0.15, 0.2) is 0 Å². The summed E-state index contributed by atoms with van der Waals surface area (Å²) in [5, 5.41) is 12.6. The maximum absolute atomic E-state index is 13.7. The lowest BCUT2D eigenvalue weighted by Gasteiger charge is -2.41. The molecule has 2 atom stereocenters. The highest BCUT2D eigenvalue weighted by Gasteiger charge is 2.40. The minimum absolute atomic E-state index is 0.279. The van der Waals surface area contributed by atoms with Crippen LogP contribution in [-0.4, -0.2) is 61.1 Å². The second kappa shape index (κ2) is 11.3. The molecule has 0 spiro atoms. The fourth-order valence-electron chi connectivity index (χ4n) is 4.70. The van der Waals surface area contributed by atoms with Crippen LogP contribution in [0.4, 0.5) is 35.2 Å². The molecule has 1 amide bonds. The number of nitrogens with zero attached hydrogens (tertiary/aromatic N) is 3. The lowest BCUT2D eigenvalue weighted by molar-refractivity contribution is -0.149. The Morgan fingerprint density at radius 2 is 1.90 bits per heavy atom. The summed E-state index contributed by atoms with van der Waals surface area (Å²) in [7, 11) is 0. The van der Waals surface area contributed by atoms with Gasteiger partial charge in [-0.3, -0.25) is 9.69 Å². The summed E-state index contributed by atoms with van der Waals surface area (Å²) in [4.78, 5) is 32.6. The van der Waals surface area contributed by atoms with Crippen LogP contribution >= 0.6 is 0 Å². The van der Waals surface area contributed by atoms with Gasteiger partial charge >= 0.3 is 18.2 Å². The van der Waals surface area contributed by atoms with E-state index in [4.69, 9.17) is 9.47 Å². The highest BCUT2D eigenvalue weighted by Crippen LogP contribution is 2.43. The summed E-state index contributed by atoms with van der Waals surface area (Å²) in [6, 6.07) is 5.98. The third kappa shape index (κ3) is 6.38. The molecular weight excluding hydrogens is 517 g/mol. The first kappa shape index (κ1) is 28.5. The summed E-state index contributed by atoms with van der Waals surface area (Å²) >= 11 is 0. The minimum Gasteiger partial charge on any atom is -0.481 e. The molecule has 1 aromatic carbocycles. The molecule has 0 unspecified atom stereocenters. The van der Waals surface area contributed by atoms with E-state index >= 15 is 0 Å². The van der Waals surface area contributed by atoms with E-state index in [1.54, 1.807) is 12.3 Å². The second-order valence-corrected chi connectivity index (χ2v) is 10.4. The quantitative estimate of drug-likeness (QED) is 0.477. The largest absolute Gasteiger partial charge is 0.481 e. The summed E-state index contributed by atoms with van der Waals surface area (Å²) in [6.45, 7) is 7.10. The molecule has 0 bridgehead atoms. The number of hydrogen-bond donors (Lipinski definition) is 2. The number of hydrogen-bond acceptors (Lipinski definition) is 7. The van der Waals surface area contributed by atoms with E-state index in [9.17, 15) is 27.9 Å². The first-order valence-electron chi connectivity index (χ1n) is 12.9. The zero-order valence-corrected chi connectivity index (χ0v) is 22.1. The molecule has 212 valence electrons. The van der Waals surface area contributed by atoms with Gasteiger partial charge in [-0.15, -0.1) is 0 Å². The maximum Gasteiger partial charge on any atom is 0.416 e. The van der Waals surface area contributed by atoms with Crippen molar-refractivity contribution in [2.75, 3.05) is 48.0 Å². The Bertz CT molecular complexity index is 1180. The van der Waals surface area contributed by atoms with E-state index in [-0.39, 0.29) is 17.9 Å². The molecule has 12 heteroatoms. The molecule has 4 rings (SSSR count). The Hall–Kier alpha value is -3.54. The van der Waals surface area contributed by atoms with Crippen molar-refractivity contribution in [2.24, 2.45) is 5.41 Å². The highest BCUT2D eigenvalue weighted by molar-refractivity contribution is 5.91. The van der Waals surface area contributed by atoms with E-state index in [2.05, 4.69) is 15.2 Å². The first-order chi connectivity index (χ1) is 18.4. The summed E-state index contributed by atoms with van der Waals surface area (Å²) < 4.78 is 51.7. The van der Waals surface area contributed by atoms with Crippen LogP contribution in [0.5, 0.6) is 0 Å². The number of morpholine rings is 1. The molecule has 1 saturated heterocycles. The van der Waals surface area contributed by atoms with Crippen molar-refractivity contribution < 1.29 is 37.3 Å². The molecule has 2 N–H and O–H groups in total. The van der Waals surface area contributed by atoms with Crippen LogP contribution < -0.4 is 15.1 Å². The lowest BCUT2D eigenvalue weighted by Crippen LogP contribution is -2.47. The van der Waals surface area contributed by atoms with Crippen LogP contribution in [-0.2, 0) is 20.4 Å². The number of carboxylic acid groups (broad SMARTS) is 1. The van der Waals surface area contributed by atoms with Crippen LogP contribution in [0.25, 0.3) is 0 Å². The number of carbonyl (C=O) groups is 2. The average molecular weight is 551 g/mol. The molecule has 1 aromatic heterocycles. The molecule has 2 aliphatic heterocycles. The molecule has 9 nitrogen and oxygen atoms in total. The number of aliphatic carboxylic acids is 1. The van der Waals surface area contributed by atoms with Gasteiger partial charge in [0.25, 0.3) is 0 Å². The van der Waals surface area contributed by atoms with Crippen molar-refractivity contribution >= 4 is 29.3 Å². The van der Waals surface area contributed by atoms with Crippen molar-refractivity contribution in [1.82, 2.24) is 4.98 Å². The molecule has 39 heavy (non-hydrogen) atoms. The number of carboxylic acids is 1. The molecular formula is C27H33F3N4O5. The smallest absolute Gasteiger partial charge is 0.416 e. The van der Waals surface area contributed by atoms with Gasteiger partial charge in [-0.2, -0.15) is 13.2 Å². The van der Waals surface area contributed by atoms with Gasteiger partial charge in [0.1, 0.15) is 12.4 Å². The maximum atomic E-state index is 13.7. The Morgan fingerprint density at radius 3 is 2.49 bits per heavy atom. The van der Waals surface area contributed by atoms with Gasteiger partial charge in [-0.05, 0) is 62.6 Å². The van der Waals surface area contributed by atoms with Crippen molar-refractivity contribution in [1.29, 1.82) is 0 Å². The number of halogens is 3. The predicted molar refractivity (Wildman–Crippen MR) is 139 cm³/mol. The van der Waals surface area contributed by atoms with Crippen LogP contribution in [0.15, 0.2) is 36.5 Å². The Balaban J connectivity index is 1.63. The number of amides is 1. The summed E-state index contributed by atoms with van der Waals surface area (Å²) in [5.74, 6) is -0.637. The standard InChI is InChI=1S/C27H33F3N4O5/c1-4-18-14-21(32-23-8-6-19(15-31-23)33-9-11-38-12-10-33)20-13-17(27(28,29)30)5-7-22(20)34(18)25(37)39-16-26(2,3)24(35)36/h5-8,13,15,18,21H,4,9-12,14,16H2,1-3H3,(H,31,32)(H,35,36)/t18-,21+/m1/s1. The highest BCUT2D eigenvalue weighted by atomic mass is 19.4. The number of nitrogens with one attached hydrogen (secondary N) is 1. The van der Waals surface area contributed by atoms with E-state index < -0.39 is 41.3 Å². The average Bonchev–Trinajstić information content (AvgIpc) is 2.91. The van der Waals surface area contributed by atoms with Crippen molar-refractivity contribution in [2.45, 2.75) is 51.9 Å². The number of carbonyl (C=O) groups excluding carboxylic acids is 1. The Morgan fingerprint density at radius 1 is 1.18 bits per heavy atom. The molecule has 2 aliphatic rings. The number of pyridine rings is 1. The summed E-state index contributed by atoms with van der Waals surface area (Å²) in [6.07, 6.45) is -2.86. The van der Waals surface area contributed by atoms with Crippen LogP contribution in [0, 0.1) is 5.41 Å². The Labute approximate surface area is 224 Å². The zero-order valence-electron chi connectivity index (χ0n) is 22.1. The molecule has 0 aliphatic carbocycles. The number of rotatable bonds is 7. The number of benzene rings is 1. The van der Waals surface area contributed by atoms with Crippen LogP contribution in [0.3, 0.4) is 0 Å². The van der Waals surface area contributed by atoms with Gasteiger partial charge in [0.05, 0.1) is 47.8 Å². The monoisotopic (exact) mass is 550 g/mol. The van der Waals surface area contributed by atoms with Gasteiger partial charge in [0, 0.05) is 19.1 Å². The zero-order chi connectivity index (χ0) is 28.4. The topological polar surface area (TPSA) is 104 Å². The number of anilines is 3. The van der Waals surface area contributed by atoms with E-state index in [0.29, 0.717) is 31.9 Å². The molecule has 3 heterocycles. The van der Waals surface area contributed by atoms with Crippen LogP contribution in [0.1, 0.15) is 50.8 Å². The van der Waals surface area contributed by atoms with E-state index in [0.717, 1.165) is 30.9 Å². The minimum atomic E-state index is -4.57. The lowest BCUT2D eigenvalue weighted by atomic mass is 9.88. The van der Waals surface area contributed by atoms with Crippen molar-refractivity contribution in [3.63, 3.8) is 0 Å². The van der Waals surface area contributed by atoms with E-state index in [1.165, 1.54) is 24.8 Å². The molecule has 1 fully saturated rings. The second-order valence-electron chi connectivity index (χ2n) is 10.4.